The van der Waals surface area contributed by atoms with Crippen molar-refractivity contribution >= 4 is 23.8 Å². The van der Waals surface area contributed by atoms with Gasteiger partial charge in [-0.2, -0.15) is 0 Å². The molecule has 2 atom stereocenters. The van der Waals surface area contributed by atoms with Gasteiger partial charge in [-0.3, -0.25) is 24.2 Å². The zero-order chi connectivity index (χ0) is 18.3. The number of nitrogens with zero attached hydrogens (tertiary/aromatic N) is 1. The van der Waals surface area contributed by atoms with Crippen LogP contribution in [0.3, 0.4) is 0 Å². The minimum atomic E-state index is -1.42. The van der Waals surface area contributed by atoms with E-state index in [4.69, 9.17) is 5.73 Å². The van der Waals surface area contributed by atoms with Crippen molar-refractivity contribution in [2.45, 2.75) is 13.0 Å². The van der Waals surface area contributed by atoms with Crippen LogP contribution in [-0.2, 0) is 23.9 Å². The number of aromatic nitrogens is 1. The van der Waals surface area contributed by atoms with Crippen molar-refractivity contribution in [3.63, 3.8) is 0 Å². The Hall–Kier alpha value is -2.97. The molecule has 0 unspecified atom stereocenters. The first-order valence-corrected chi connectivity index (χ1v) is 7.00. The summed E-state index contributed by atoms with van der Waals surface area (Å²) in [5, 5.41) is 2.38. The molecule has 130 valence electrons. The molecule has 1 heterocycles. The number of methoxy groups -OCH3 is 2. The van der Waals surface area contributed by atoms with Crippen molar-refractivity contribution in [2.24, 2.45) is 17.6 Å². The van der Waals surface area contributed by atoms with Crippen molar-refractivity contribution in [1.29, 1.82) is 0 Å². The first kappa shape index (κ1) is 19.1. The van der Waals surface area contributed by atoms with Gasteiger partial charge in [0, 0.05) is 12.1 Å². The van der Waals surface area contributed by atoms with Gasteiger partial charge in [-0.15, -0.1) is 0 Å². The normalized spacial score (nSPS) is 12.8. The second kappa shape index (κ2) is 8.61. The number of nitrogens with two attached hydrogens (primary N) is 1. The van der Waals surface area contributed by atoms with Crippen LogP contribution in [0.4, 0.5) is 0 Å². The molecule has 3 N–H and O–H groups in total. The number of pyridine rings is 1. The Morgan fingerprint density at radius 2 is 1.71 bits per heavy atom. The number of nitrogens with one attached hydrogen (secondary N) is 1. The summed E-state index contributed by atoms with van der Waals surface area (Å²) in [5.74, 6) is -5.78. The van der Waals surface area contributed by atoms with Crippen LogP contribution in [0.25, 0.3) is 0 Å². The minimum Gasteiger partial charge on any atom is -0.468 e. The molecule has 1 aromatic heterocycles. The maximum absolute atomic E-state index is 12.2. The molecule has 0 saturated heterocycles. The van der Waals surface area contributed by atoms with Gasteiger partial charge in [-0.05, 0) is 12.1 Å². The van der Waals surface area contributed by atoms with Crippen molar-refractivity contribution in [1.82, 2.24) is 10.3 Å². The third kappa shape index (κ3) is 4.51. The third-order valence-corrected chi connectivity index (χ3v) is 3.45. The Labute approximate surface area is 138 Å². The Kier molecular flexibility index (Phi) is 6.84. The van der Waals surface area contributed by atoms with Crippen LogP contribution < -0.4 is 11.1 Å². The third-order valence-electron chi connectivity index (χ3n) is 3.45. The monoisotopic (exact) mass is 337 g/mol. The van der Waals surface area contributed by atoms with Crippen LogP contribution in [0.5, 0.6) is 0 Å². The van der Waals surface area contributed by atoms with E-state index in [1.165, 1.54) is 19.2 Å². The molecule has 0 fully saturated rings. The number of ether oxygens (including phenoxy) is 2. The van der Waals surface area contributed by atoms with Crippen LogP contribution in [0.1, 0.15) is 17.4 Å². The molecule has 0 bridgehead atoms. The van der Waals surface area contributed by atoms with E-state index in [1.807, 2.05) is 0 Å². The average Bonchev–Trinajstić information content (AvgIpc) is 2.59. The lowest BCUT2D eigenvalue weighted by atomic mass is 9.86. The second-order valence-corrected chi connectivity index (χ2v) is 4.95. The molecule has 9 nitrogen and oxygen atoms in total. The quantitative estimate of drug-likeness (QED) is 0.494. The lowest BCUT2D eigenvalue weighted by molar-refractivity contribution is -0.161. The van der Waals surface area contributed by atoms with E-state index >= 15 is 0 Å². The summed E-state index contributed by atoms with van der Waals surface area (Å²) in [4.78, 5) is 51.4. The van der Waals surface area contributed by atoms with Gasteiger partial charge in [0.1, 0.15) is 11.7 Å². The van der Waals surface area contributed by atoms with Crippen LogP contribution in [0.2, 0.25) is 0 Å². The molecule has 0 aromatic carbocycles. The second-order valence-electron chi connectivity index (χ2n) is 4.95. The molecular weight excluding hydrogens is 318 g/mol. The fourth-order valence-electron chi connectivity index (χ4n) is 2.15. The fraction of sp³-hybridized carbons (Fsp3) is 0.400. The molecule has 0 aliphatic heterocycles. The Morgan fingerprint density at radius 1 is 1.12 bits per heavy atom. The van der Waals surface area contributed by atoms with Gasteiger partial charge < -0.3 is 20.5 Å². The maximum Gasteiger partial charge on any atom is 0.320 e. The summed E-state index contributed by atoms with van der Waals surface area (Å²) < 4.78 is 9.12. The number of carbonyl (C=O) groups is 4. The molecular formula is C15H19N3O6. The summed E-state index contributed by atoms with van der Waals surface area (Å²) in [6.45, 7) is 1.41. The molecule has 1 aromatic rings. The largest absolute Gasteiger partial charge is 0.468 e. The smallest absolute Gasteiger partial charge is 0.320 e. The van der Waals surface area contributed by atoms with Crippen LogP contribution in [0, 0.1) is 11.8 Å². The molecule has 0 radical (unpaired) electrons. The molecule has 9 heteroatoms. The summed E-state index contributed by atoms with van der Waals surface area (Å²) in [6, 6.07) is 3.35. The predicted molar refractivity (Wildman–Crippen MR) is 81.4 cm³/mol. The topological polar surface area (TPSA) is 138 Å². The van der Waals surface area contributed by atoms with Gasteiger partial charge in [0.15, 0.2) is 5.92 Å². The highest BCUT2D eigenvalue weighted by molar-refractivity contribution is 5.98. The highest BCUT2D eigenvalue weighted by Gasteiger charge is 2.41. The van der Waals surface area contributed by atoms with Gasteiger partial charge in [-0.1, -0.05) is 13.0 Å². The number of primary amides is 1. The first-order chi connectivity index (χ1) is 11.3. The maximum atomic E-state index is 12.2. The molecule has 24 heavy (non-hydrogen) atoms. The molecule has 2 amide bonds. The highest BCUT2D eigenvalue weighted by atomic mass is 16.5. The van der Waals surface area contributed by atoms with E-state index in [9.17, 15) is 19.2 Å². The molecule has 0 aliphatic carbocycles. The van der Waals surface area contributed by atoms with Crippen molar-refractivity contribution < 1.29 is 28.7 Å². The lowest BCUT2D eigenvalue weighted by Gasteiger charge is -2.26. The van der Waals surface area contributed by atoms with Gasteiger partial charge in [-0.25, -0.2) is 0 Å². The highest BCUT2D eigenvalue weighted by Crippen LogP contribution is 2.19. The summed E-state index contributed by atoms with van der Waals surface area (Å²) >= 11 is 0. The van der Waals surface area contributed by atoms with E-state index in [2.05, 4.69) is 19.8 Å². The van der Waals surface area contributed by atoms with E-state index in [-0.39, 0.29) is 5.69 Å². The summed E-state index contributed by atoms with van der Waals surface area (Å²) in [7, 11) is 2.19. The lowest BCUT2D eigenvalue weighted by Crippen LogP contribution is -2.53. The fourth-order valence-corrected chi connectivity index (χ4v) is 2.15. The number of amides is 2. The predicted octanol–water partition coefficient (Wildman–Crippen LogP) is -0.736. The summed E-state index contributed by atoms with van der Waals surface area (Å²) in [6.07, 6.45) is 1.41. The number of hydrogen-bond donors (Lipinski definition) is 2. The Bertz CT molecular complexity index is 603. The standard InChI is InChI=1S/C15H19N3O6/c1-8(10(14(21)23-2)15(22)24-3)11(12(16)19)18-13(20)9-6-4-5-7-17-9/h4-8,10-11H,1-3H3,(H2,16,19)(H,18,20)/t8-,11+/m0/s1. The zero-order valence-corrected chi connectivity index (χ0v) is 13.5. The van der Waals surface area contributed by atoms with Crippen molar-refractivity contribution in [3.8, 4) is 0 Å². The molecule has 0 saturated carbocycles. The van der Waals surface area contributed by atoms with E-state index in [1.54, 1.807) is 12.1 Å². The van der Waals surface area contributed by atoms with E-state index < -0.39 is 41.6 Å². The van der Waals surface area contributed by atoms with E-state index in [0.29, 0.717) is 0 Å². The molecule has 0 aliphatic rings. The SMILES string of the molecule is COC(=O)C(C(=O)OC)[C@H](C)[C@@H](NC(=O)c1ccccn1)C(N)=O. The number of esters is 2. The number of hydrogen-bond acceptors (Lipinski definition) is 7. The van der Waals surface area contributed by atoms with Gasteiger partial charge >= 0.3 is 11.9 Å². The average molecular weight is 337 g/mol. The number of carbonyl (C=O) groups excluding carboxylic acids is 4. The first-order valence-electron chi connectivity index (χ1n) is 7.00. The van der Waals surface area contributed by atoms with Gasteiger partial charge in [0.05, 0.1) is 14.2 Å². The van der Waals surface area contributed by atoms with Gasteiger partial charge in [0.25, 0.3) is 5.91 Å². The van der Waals surface area contributed by atoms with Crippen LogP contribution in [0.15, 0.2) is 24.4 Å². The molecule has 0 spiro atoms. The van der Waals surface area contributed by atoms with Crippen LogP contribution in [-0.4, -0.2) is 49.0 Å². The summed E-state index contributed by atoms with van der Waals surface area (Å²) in [5.41, 5.74) is 5.37. The minimum absolute atomic E-state index is 0.0589. The van der Waals surface area contributed by atoms with Crippen LogP contribution >= 0.6 is 0 Å². The van der Waals surface area contributed by atoms with Gasteiger partial charge in [0.2, 0.25) is 5.91 Å². The van der Waals surface area contributed by atoms with E-state index in [0.717, 1.165) is 14.2 Å². The Balaban J connectivity index is 3.04. The Morgan fingerprint density at radius 3 is 2.12 bits per heavy atom. The zero-order valence-electron chi connectivity index (χ0n) is 13.5. The van der Waals surface area contributed by atoms with Crippen molar-refractivity contribution in [2.75, 3.05) is 14.2 Å². The van der Waals surface area contributed by atoms with Crippen molar-refractivity contribution in [3.05, 3.63) is 30.1 Å². The molecule has 1 rings (SSSR count). The number of rotatable bonds is 7.